The van der Waals surface area contributed by atoms with Gasteiger partial charge in [0.2, 0.25) is 0 Å². The Morgan fingerprint density at radius 3 is 2.50 bits per heavy atom. The SMILES string of the molecule is CCNC(=NCc1nnc2n1CCCC2)N1CCN(C2CCC(C(C)C)CC2)CC1. The van der Waals surface area contributed by atoms with Crippen molar-refractivity contribution in [3.63, 3.8) is 0 Å². The Morgan fingerprint density at radius 2 is 1.80 bits per heavy atom. The average molecular weight is 416 g/mol. The molecule has 30 heavy (non-hydrogen) atoms. The van der Waals surface area contributed by atoms with Crippen LogP contribution in [0.15, 0.2) is 4.99 Å². The molecule has 0 atom stereocenters. The summed E-state index contributed by atoms with van der Waals surface area (Å²) in [6.45, 7) is 13.9. The van der Waals surface area contributed by atoms with Gasteiger partial charge in [0.05, 0.1) is 0 Å². The van der Waals surface area contributed by atoms with Gasteiger partial charge in [0.25, 0.3) is 0 Å². The molecule has 0 amide bonds. The minimum Gasteiger partial charge on any atom is -0.357 e. The van der Waals surface area contributed by atoms with Crippen LogP contribution in [0.25, 0.3) is 0 Å². The average Bonchev–Trinajstić information content (AvgIpc) is 3.20. The van der Waals surface area contributed by atoms with Gasteiger partial charge in [-0.3, -0.25) is 4.90 Å². The maximum Gasteiger partial charge on any atom is 0.194 e. The monoisotopic (exact) mass is 415 g/mol. The number of fused-ring (bicyclic) bond motifs is 1. The predicted molar refractivity (Wildman–Crippen MR) is 122 cm³/mol. The van der Waals surface area contributed by atoms with Crippen LogP contribution >= 0.6 is 0 Å². The molecule has 0 spiro atoms. The first-order valence-corrected chi connectivity index (χ1v) is 12.3. The molecule has 1 saturated carbocycles. The van der Waals surface area contributed by atoms with Gasteiger partial charge in [-0.25, -0.2) is 4.99 Å². The highest BCUT2D eigenvalue weighted by atomic mass is 15.4. The Labute approximate surface area is 182 Å². The fourth-order valence-electron chi connectivity index (χ4n) is 5.49. The zero-order chi connectivity index (χ0) is 20.9. The summed E-state index contributed by atoms with van der Waals surface area (Å²) >= 11 is 0. The molecule has 0 radical (unpaired) electrons. The topological polar surface area (TPSA) is 61.6 Å². The third-order valence-electron chi connectivity index (χ3n) is 7.46. The van der Waals surface area contributed by atoms with Crippen molar-refractivity contribution in [2.75, 3.05) is 32.7 Å². The van der Waals surface area contributed by atoms with Gasteiger partial charge < -0.3 is 14.8 Å². The molecular weight excluding hydrogens is 374 g/mol. The van der Waals surface area contributed by atoms with Gasteiger partial charge in [-0.05, 0) is 57.3 Å². The predicted octanol–water partition coefficient (Wildman–Crippen LogP) is 2.91. The van der Waals surface area contributed by atoms with E-state index in [1.807, 2.05) is 0 Å². The number of piperazine rings is 1. The summed E-state index contributed by atoms with van der Waals surface area (Å²) in [5, 5.41) is 12.3. The third kappa shape index (κ3) is 4.98. The number of aromatic nitrogens is 3. The van der Waals surface area contributed by atoms with Crippen molar-refractivity contribution in [2.45, 2.75) is 84.8 Å². The van der Waals surface area contributed by atoms with Crippen LogP contribution in [0.5, 0.6) is 0 Å². The fraction of sp³-hybridized carbons (Fsp3) is 0.870. The van der Waals surface area contributed by atoms with E-state index in [2.05, 4.69) is 50.7 Å². The van der Waals surface area contributed by atoms with E-state index in [0.717, 1.165) is 81.2 Å². The second-order valence-corrected chi connectivity index (χ2v) is 9.65. The summed E-state index contributed by atoms with van der Waals surface area (Å²) in [6, 6.07) is 0.796. The zero-order valence-electron chi connectivity index (χ0n) is 19.3. The molecule has 0 aromatic carbocycles. The van der Waals surface area contributed by atoms with Crippen molar-refractivity contribution in [3.05, 3.63) is 11.6 Å². The number of aliphatic imine (C=N–C) groups is 1. The van der Waals surface area contributed by atoms with Crippen LogP contribution in [0, 0.1) is 11.8 Å². The maximum absolute atomic E-state index is 4.94. The van der Waals surface area contributed by atoms with E-state index in [0.29, 0.717) is 6.54 Å². The Hall–Kier alpha value is -1.63. The third-order valence-corrected chi connectivity index (χ3v) is 7.46. The van der Waals surface area contributed by atoms with Crippen molar-refractivity contribution < 1.29 is 0 Å². The van der Waals surface area contributed by atoms with Gasteiger partial charge >= 0.3 is 0 Å². The molecule has 2 fully saturated rings. The first kappa shape index (κ1) is 21.6. The normalized spacial score (nSPS) is 26.1. The lowest BCUT2D eigenvalue weighted by Gasteiger charge is -2.43. The van der Waals surface area contributed by atoms with E-state index >= 15 is 0 Å². The van der Waals surface area contributed by atoms with Crippen molar-refractivity contribution in [2.24, 2.45) is 16.8 Å². The molecule has 1 aliphatic carbocycles. The number of nitrogens with zero attached hydrogens (tertiary/aromatic N) is 6. The van der Waals surface area contributed by atoms with Crippen molar-refractivity contribution in [1.82, 2.24) is 29.9 Å². The molecule has 7 heteroatoms. The molecule has 0 bridgehead atoms. The van der Waals surface area contributed by atoms with Gasteiger partial charge in [-0.1, -0.05) is 13.8 Å². The summed E-state index contributed by atoms with van der Waals surface area (Å²) in [4.78, 5) is 10.1. The quantitative estimate of drug-likeness (QED) is 0.592. The highest BCUT2D eigenvalue weighted by molar-refractivity contribution is 5.80. The standard InChI is InChI=1S/C23H41N7/c1-4-24-23(25-17-22-27-26-21-7-5-6-12-30(21)22)29-15-13-28(14-16-29)20-10-8-19(9-11-20)18(2)3/h18-20H,4-17H2,1-3H3,(H,24,25). The Balaban J connectivity index is 1.31. The molecule has 7 nitrogen and oxygen atoms in total. The fourth-order valence-corrected chi connectivity index (χ4v) is 5.49. The van der Waals surface area contributed by atoms with E-state index in [1.54, 1.807) is 0 Å². The Bertz CT molecular complexity index is 694. The number of guanidine groups is 1. The highest BCUT2D eigenvalue weighted by Gasteiger charge is 2.30. The summed E-state index contributed by atoms with van der Waals surface area (Å²) in [6.07, 6.45) is 9.10. The molecule has 168 valence electrons. The molecule has 4 rings (SSSR count). The first-order valence-electron chi connectivity index (χ1n) is 12.3. The zero-order valence-corrected chi connectivity index (χ0v) is 19.3. The van der Waals surface area contributed by atoms with Crippen LogP contribution in [0.2, 0.25) is 0 Å². The molecular formula is C23H41N7. The second-order valence-electron chi connectivity index (χ2n) is 9.65. The lowest BCUT2D eigenvalue weighted by Crippen LogP contribution is -2.55. The molecule has 1 aromatic rings. The smallest absolute Gasteiger partial charge is 0.194 e. The lowest BCUT2D eigenvalue weighted by molar-refractivity contribution is 0.0864. The van der Waals surface area contributed by atoms with E-state index in [-0.39, 0.29) is 0 Å². The minimum absolute atomic E-state index is 0.620. The molecule has 3 heterocycles. The van der Waals surface area contributed by atoms with Gasteiger partial charge in [0.15, 0.2) is 11.8 Å². The van der Waals surface area contributed by atoms with Gasteiger partial charge in [0, 0.05) is 51.7 Å². The number of hydrogen-bond donors (Lipinski definition) is 1. The number of nitrogens with one attached hydrogen (secondary N) is 1. The van der Waals surface area contributed by atoms with Crippen LogP contribution in [0.4, 0.5) is 0 Å². The van der Waals surface area contributed by atoms with Crippen molar-refractivity contribution >= 4 is 5.96 Å². The molecule has 1 aromatic heterocycles. The van der Waals surface area contributed by atoms with Crippen LogP contribution in [0.3, 0.4) is 0 Å². The van der Waals surface area contributed by atoms with E-state index in [4.69, 9.17) is 4.99 Å². The number of hydrogen-bond acceptors (Lipinski definition) is 4. The van der Waals surface area contributed by atoms with Crippen LogP contribution in [0.1, 0.15) is 70.9 Å². The van der Waals surface area contributed by atoms with Crippen LogP contribution in [-0.2, 0) is 19.5 Å². The summed E-state index contributed by atoms with van der Waals surface area (Å²) in [7, 11) is 0. The molecule has 3 aliphatic rings. The van der Waals surface area contributed by atoms with E-state index < -0.39 is 0 Å². The van der Waals surface area contributed by atoms with Gasteiger partial charge in [0.1, 0.15) is 12.4 Å². The van der Waals surface area contributed by atoms with E-state index in [1.165, 1.54) is 38.5 Å². The maximum atomic E-state index is 4.94. The molecule has 2 aliphatic heterocycles. The number of rotatable bonds is 5. The minimum atomic E-state index is 0.620. The second kappa shape index (κ2) is 10.1. The Morgan fingerprint density at radius 1 is 1.03 bits per heavy atom. The highest BCUT2D eigenvalue weighted by Crippen LogP contribution is 2.32. The lowest BCUT2D eigenvalue weighted by atomic mass is 9.79. The summed E-state index contributed by atoms with van der Waals surface area (Å²) in [5.41, 5.74) is 0. The molecule has 1 N–H and O–H groups in total. The van der Waals surface area contributed by atoms with Gasteiger partial charge in [-0.15, -0.1) is 10.2 Å². The largest absolute Gasteiger partial charge is 0.357 e. The van der Waals surface area contributed by atoms with Crippen molar-refractivity contribution in [3.8, 4) is 0 Å². The van der Waals surface area contributed by atoms with Gasteiger partial charge in [-0.2, -0.15) is 0 Å². The first-order chi connectivity index (χ1) is 14.7. The van der Waals surface area contributed by atoms with Crippen LogP contribution < -0.4 is 5.32 Å². The summed E-state index contributed by atoms with van der Waals surface area (Å²) < 4.78 is 2.28. The van der Waals surface area contributed by atoms with Crippen LogP contribution in [-0.4, -0.2) is 69.3 Å². The molecule has 0 unspecified atom stereocenters. The summed E-state index contributed by atoms with van der Waals surface area (Å²) in [5.74, 6) is 4.97. The Kier molecular flexibility index (Phi) is 7.28. The molecule has 1 saturated heterocycles. The van der Waals surface area contributed by atoms with E-state index in [9.17, 15) is 0 Å². The number of aryl methyl sites for hydroxylation is 1. The van der Waals surface area contributed by atoms with Crippen molar-refractivity contribution in [1.29, 1.82) is 0 Å².